The highest BCUT2D eigenvalue weighted by molar-refractivity contribution is 9.10. The SMILES string of the molecule is Cc1cccc(Cl)c1NC(C)c1cccc(Br)c1. The van der Waals surface area contributed by atoms with Gasteiger partial charge in [-0.3, -0.25) is 0 Å². The number of hydrogen-bond acceptors (Lipinski definition) is 1. The molecule has 1 nitrogen and oxygen atoms in total. The van der Waals surface area contributed by atoms with Crippen molar-refractivity contribution in [3.05, 3.63) is 63.1 Å². The van der Waals surface area contributed by atoms with Gasteiger partial charge in [-0.15, -0.1) is 0 Å². The lowest BCUT2D eigenvalue weighted by atomic mass is 10.1. The van der Waals surface area contributed by atoms with E-state index in [-0.39, 0.29) is 6.04 Å². The summed E-state index contributed by atoms with van der Waals surface area (Å²) < 4.78 is 1.09. The summed E-state index contributed by atoms with van der Waals surface area (Å²) in [4.78, 5) is 0. The number of anilines is 1. The second-order valence-corrected chi connectivity index (χ2v) is 5.68. The van der Waals surface area contributed by atoms with Crippen LogP contribution in [-0.2, 0) is 0 Å². The monoisotopic (exact) mass is 323 g/mol. The van der Waals surface area contributed by atoms with Crippen LogP contribution in [0, 0.1) is 6.92 Å². The van der Waals surface area contributed by atoms with Crippen molar-refractivity contribution in [2.45, 2.75) is 19.9 Å². The average Bonchev–Trinajstić information content (AvgIpc) is 2.34. The predicted octanol–water partition coefficient (Wildman–Crippen LogP) is 5.58. The smallest absolute Gasteiger partial charge is 0.0640 e. The van der Waals surface area contributed by atoms with Gasteiger partial charge in [-0.1, -0.05) is 51.8 Å². The quantitative estimate of drug-likeness (QED) is 0.776. The summed E-state index contributed by atoms with van der Waals surface area (Å²) in [6.07, 6.45) is 0. The maximum atomic E-state index is 6.22. The van der Waals surface area contributed by atoms with Gasteiger partial charge >= 0.3 is 0 Å². The van der Waals surface area contributed by atoms with E-state index in [0.717, 1.165) is 20.7 Å². The zero-order chi connectivity index (χ0) is 13.1. The second-order valence-electron chi connectivity index (χ2n) is 4.35. The molecule has 2 aromatic carbocycles. The topological polar surface area (TPSA) is 12.0 Å². The van der Waals surface area contributed by atoms with Crippen molar-refractivity contribution in [1.82, 2.24) is 0 Å². The van der Waals surface area contributed by atoms with Crippen LogP contribution in [0.15, 0.2) is 46.9 Å². The van der Waals surface area contributed by atoms with Crippen LogP contribution in [0.25, 0.3) is 0 Å². The molecule has 0 aromatic heterocycles. The standard InChI is InChI=1S/C15H15BrClN/c1-10-5-3-8-14(17)15(10)18-11(2)12-6-4-7-13(16)9-12/h3-9,11,18H,1-2H3. The van der Waals surface area contributed by atoms with Crippen molar-refractivity contribution in [1.29, 1.82) is 0 Å². The molecule has 3 heteroatoms. The van der Waals surface area contributed by atoms with Gasteiger partial charge in [0.25, 0.3) is 0 Å². The lowest BCUT2D eigenvalue weighted by molar-refractivity contribution is 0.881. The van der Waals surface area contributed by atoms with Crippen LogP contribution in [0.4, 0.5) is 5.69 Å². The Morgan fingerprint density at radius 1 is 1.17 bits per heavy atom. The Kier molecular flexibility index (Phi) is 4.31. The fourth-order valence-electron chi connectivity index (χ4n) is 1.89. The Hall–Kier alpha value is -0.990. The highest BCUT2D eigenvalue weighted by Gasteiger charge is 2.09. The third-order valence-corrected chi connectivity index (χ3v) is 3.74. The summed E-state index contributed by atoms with van der Waals surface area (Å²) in [6.45, 7) is 4.19. The van der Waals surface area contributed by atoms with E-state index in [1.807, 2.05) is 24.3 Å². The van der Waals surface area contributed by atoms with Gasteiger partial charge in [0.15, 0.2) is 0 Å². The maximum Gasteiger partial charge on any atom is 0.0640 e. The first-order chi connectivity index (χ1) is 8.58. The number of hydrogen-bond donors (Lipinski definition) is 1. The van der Waals surface area contributed by atoms with Crippen LogP contribution >= 0.6 is 27.5 Å². The Balaban J connectivity index is 2.24. The third-order valence-electron chi connectivity index (χ3n) is 2.93. The van der Waals surface area contributed by atoms with E-state index in [1.165, 1.54) is 5.56 Å². The van der Waals surface area contributed by atoms with Crippen LogP contribution < -0.4 is 5.32 Å². The van der Waals surface area contributed by atoms with Crippen LogP contribution in [0.1, 0.15) is 24.1 Å². The average molecular weight is 325 g/mol. The van der Waals surface area contributed by atoms with E-state index < -0.39 is 0 Å². The van der Waals surface area contributed by atoms with Crippen molar-refractivity contribution >= 4 is 33.2 Å². The molecule has 0 aliphatic heterocycles. The molecule has 0 fully saturated rings. The first-order valence-corrected chi connectivity index (χ1v) is 7.02. The van der Waals surface area contributed by atoms with Crippen molar-refractivity contribution < 1.29 is 0 Å². The van der Waals surface area contributed by atoms with E-state index >= 15 is 0 Å². The number of halogens is 2. The molecule has 0 aliphatic carbocycles. The third kappa shape index (κ3) is 3.06. The van der Waals surface area contributed by atoms with Crippen molar-refractivity contribution in [2.24, 2.45) is 0 Å². The van der Waals surface area contributed by atoms with Gasteiger partial charge < -0.3 is 5.32 Å². The Bertz CT molecular complexity index is 534. The molecule has 0 saturated heterocycles. The molecule has 0 spiro atoms. The van der Waals surface area contributed by atoms with Gasteiger partial charge in [-0.05, 0) is 43.2 Å². The summed E-state index contributed by atoms with van der Waals surface area (Å²) in [6, 6.07) is 14.4. The lowest BCUT2D eigenvalue weighted by Crippen LogP contribution is -2.08. The van der Waals surface area contributed by atoms with Gasteiger partial charge in [0.05, 0.1) is 10.7 Å². The van der Waals surface area contributed by atoms with Crippen LogP contribution in [0.2, 0.25) is 5.02 Å². The number of rotatable bonds is 3. The first-order valence-electron chi connectivity index (χ1n) is 5.85. The number of para-hydroxylation sites is 1. The minimum atomic E-state index is 0.209. The van der Waals surface area contributed by atoms with E-state index in [1.54, 1.807) is 0 Å². The van der Waals surface area contributed by atoms with Crippen molar-refractivity contribution in [2.75, 3.05) is 5.32 Å². The molecule has 18 heavy (non-hydrogen) atoms. The summed E-state index contributed by atoms with van der Waals surface area (Å²) >= 11 is 9.71. The Labute approximate surface area is 121 Å². The van der Waals surface area contributed by atoms with E-state index in [4.69, 9.17) is 11.6 Å². The summed E-state index contributed by atoms with van der Waals surface area (Å²) in [5.41, 5.74) is 3.39. The maximum absolute atomic E-state index is 6.22. The molecule has 0 saturated carbocycles. The highest BCUT2D eigenvalue weighted by Crippen LogP contribution is 2.29. The zero-order valence-electron chi connectivity index (χ0n) is 10.4. The molecule has 0 aliphatic rings. The molecule has 0 radical (unpaired) electrons. The lowest BCUT2D eigenvalue weighted by Gasteiger charge is -2.18. The molecule has 2 aromatic rings. The van der Waals surface area contributed by atoms with Gasteiger partial charge in [0.1, 0.15) is 0 Å². The number of aryl methyl sites for hydroxylation is 1. The number of benzene rings is 2. The van der Waals surface area contributed by atoms with Crippen molar-refractivity contribution in [3.63, 3.8) is 0 Å². The second kappa shape index (κ2) is 5.77. The van der Waals surface area contributed by atoms with Gasteiger partial charge in [-0.25, -0.2) is 0 Å². The fourth-order valence-corrected chi connectivity index (χ4v) is 2.58. The molecule has 94 valence electrons. The molecule has 2 rings (SSSR count). The minimum absolute atomic E-state index is 0.209. The molecule has 0 heterocycles. The van der Waals surface area contributed by atoms with Crippen LogP contribution in [-0.4, -0.2) is 0 Å². The first kappa shape index (κ1) is 13.4. The molecule has 0 amide bonds. The molecular weight excluding hydrogens is 310 g/mol. The van der Waals surface area contributed by atoms with Gasteiger partial charge in [-0.2, -0.15) is 0 Å². The van der Waals surface area contributed by atoms with Gasteiger partial charge in [0, 0.05) is 10.5 Å². The molecule has 0 bridgehead atoms. The van der Waals surface area contributed by atoms with Crippen molar-refractivity contribution in [3.8, 4) is 0 Å². The highest BCUT2D eigenvalue weighted by atomic mass is 79.9. The predicted molar refractivity (Wildman–Crippen MR) is 82.4 cm³/mol. The largest absolute Gasteiger partial charge is 0.377 e. The van der Waals surface area contributed by atoms with Gasteiger partial charge in [0.2, 0.25) is 0 Å². The van der Waals surface area contributed by atoms with Crippen LogP contribution in [0.3, 0.4) is 0 Å². The van der Waals surface area contributed by atoms with E-state index in [9.17, 15) is 0 Å². The normalized spacial score (nSPS) is 12.2. The molecule has 1 unspecified atom stereocenters. The summed E-state index contributed by atoms with van der Waals surface area (Å²) in [5, 5.41) is 4.23. The summed E-state index contributed by atoms with van der Waals surface area (Å²) in [7, 11) is 0. The minimum Gasteiger partial charge on any atom is -0.377 e. The zero-order valence-corrected chi connectivity index (χ0v) is 12.7. The fraction of sp³-hybridized carbons (Fsp3) is 0.200. The Morgan fingerprint density at radius 3 is 2.56 bits per heavy atom. The molecule has 1 N–H and O–H groups in total. The summed E-state index contributed by atoms with van der Waals surface area (Å²) in [5.74, 6) is 0. The van der Waals surface area contributed by atoms with E-state index in [2.05, 4.69) is 53.3 Å². The van der Waals surface area contributed by atoms with E-state index in [0.29, 0.717) is 0 Å². The number of nitrogens with one attached hydrogen (secondary N) is 1. The Morgan fingerprint density at radius 2 is 1.89 bits per heavy atom. The van der Waals surface area contributed by atoms with Crippen LogP contribution in [0.5, 0.6) is 0 Å². The molecule has 1 atom stereocenters. The molecular formula is C15H15BrClN.